The zero-order valence-electron chi connectivity index (χ0n) is 15.4. The largest absolute Gasteiger partial charge is 0.494 e. The maximum atomic E-state index is 13.4. The average molecular weight is 436 g/mol. The highest BCUT2D eigenvalue weighted by Gasteiger charge is 2.15. The summed E-state index contributed by atoms with van der Waals surface area (Å²) in [6.45, 7) is 0.285. The number of methoxy groups -OCH3 is 1. The van der Waals surface area contributed by atoms with Crippen LogP contribution in [-0.4, -0.2) is 34.8 Å². The molecule has 0 aliphatic heterocycles. The lowest BCUT2D eigenvalue weighted by Crippen LogP contribution is -2.22. The summed E-state index contributed by atoms with van der Waals surface area (Å²) in [5.74, 6) is 0.151. The second-order valence-corrected chi connectivity index (χ2v) is 7.33. The number of aromatic nitrogens is 2. The van der Waals surface area contributed by atoms with Gasteiger partial charge in [-0.15, -0.1) is 0 Å². The molecule has 152 valence electrons. The highest BCUT2D eigenvalue weighted by atomic mass is 35.5. The zero-order valence-corrected chi connectivity index (χ0v) is 17.1. The van der Waals surface area contributed by atoms with E-state index in [0.717, 1.165) is 0 Å². The fourth-order valence-corrected chi connectivity index (χ4v) is 3.01. The molecule has 7 nitrogen and oxygen atoms in total. The minimum Gasteiger partial charge on any atom is -0.494 e. The Bertz CT molecular complexity index is 1050. The number of rotatable bonds is 7. The predicted octanol–water partition coefficient (Wildman–Crippen LogP) is 3.76. The van der Waals surface area contributed by atoms with E-state index in [1.165, 1.54) is 25.6 Å². The number of anilines is 3. The van der Waals surface area contributed by atoms with Crippen LogP contribution >= 0.6 is 24.2 Å². The lowest BCUT2D eigenvalue weighted by atomic mass is 10.1. The number of thiol groups is 1. The lowest BCUT2D eigenvalue weighted by Gasteiger charge is -2.15. The number of nitrogens with one attached hydrogen (secondary N) is 2. The van der Waals surface area contributed by atoms with E-state index in [9.17, 15) is 9.18 Å². The second-order valence-electron chi connectivity index (χ2n) is 6.19. The van der Waals surface area contributed by atoms with Crippen molar-refractivity contribution in [1.82, 2.24) is 9.97 Å². The fraction of sp³-hybridized carbons (Fsp3) is 0.211. The molecule has 0 aliphatic rings. The van der Waals surface area contributed by atoms with Crippen LogP contribution in [0.3, 0.4) is 0 Å². The van der Waals surface area contributed by atoms with Crippen molar-refractivity contribution in [3.8, 4) is 5.75 Å². The highest BCUT2D eigenvalue weighted by Crippen LogP contribution is 2.33. The zero-order chi connectivity index (χ0) is 21.0. The Morgan fingerprint density at radius 2 is 2.14 bits per heavy atom. The Labute approximate surface area is 177 Å². The van der Waals surface area contributed by atoms with Crippen molar-refractivity contribution in [1.29, 1.82) is 0 Å². The number of hydrogen-bond donors (Lipinski definition) is 4. The Kier molecular flexibility index (Phi) is 6.73. The molecule has 1 amide bonds. The topological polar surface area (TPSA) is 102 Å². The van der Waals surface area contributed by atoms with Crippen LogP contribution in [0.5, 0.6) is 5.75 Å². The van der Waals surface area contributed by atoms with E-state index < -0.39 is 5.82 Å². The summed E-state index contributed by atoms with van der Waals surface area (Å²) in [5.41, 5.74) is 7.13. The third-order valence-electron chi connectivity index (χ3n) is 4.11. The van der Waals surface area contributed by atoms with Crippen molar-refractivity contribution in [3.63, 3.8) is 0 Å². The fourth-order valence-electron chi connectivity index (χ4n) is 2.66. The molecule has 4 N–H and O–H groups in total. The summed E-state index contributed by atoms with van der Waals surface area (Å²) in [4.78, 5) is 20.8. The van der Waals surface area contributed by atoms with Crippen LogP contribution in [0.2, 0.25) is 5.02 Å². The number of nitrogens with zero attached hydrogens (tertiary/aromatic N) is 2. The Balaban J connectivity index is 1.97. The first-order valence-electron chi connectivity index (χ1n) is 8.64. The monoisotopic (exact) mass is 435 g/mol. The van der Waals surface area contributed by atoms with Crippen LogP contribution in [-0.2, 0) is 4.79 Å². The van der Waals surface area contributed by atoms with Crippen LogP contribution < -0.4 is 21.1 Å². The summed E-state index contributed by atoms with van der Waals surface area (Å²) in [7, 11) is 1.50. The molecule has 2 aromatic carbocycles. The molecule has 3 aromatic rings. The normalized spacial score (nSPS) is 11.9. The first-order chi connectivity index (χ1) is 13.9. The summed E-state index contributed by atoms with van der Waals surface area (Å²) in [6.07, 6.45) is 1.55. The molecule has 1 aromatic heterocycles. The van der Waals surface area contributed by atoms with Crippen LogP contribution in [0, 0.1) is 5.82 Å². The Morgan fingerprint density at radius 3 is 2.83 bits per heavy atom. The maximum Gasteiger partial charge on any atom is 0.225 e. The van der Waals surface area contributed by atoms with Gasteiger partial charge in [-0.3, -0.25) is 4.79 Å². The van der Waals surface area contributed by atoms with Crippen molar-refractivity contribution >= 4 is 58.2 Å². The van der Waals surface area contributed by atoms with Gasteiger partial charge in [0.2, 0.25) is 5.91 Å². The van der Waals surface area contributed by atoms with Gasteiger partial charge in [-0.1, -0.05) is 11.6 Å². The number of hydrogen-bond acceptors (Lipinski definition) is 7. The van der Waals surface area contributed by atoms with E-state index in [2.05, 4.69) is 33.2 Å². The van der Waals surface area contributed by atoms with Crippen molar-refractivity contribution in [3.05, 3.63) is 47.5 Å². The smallest absolute Gasteiger partial charge is 0.225 e. The van der Waals surface area contributed by atoms with E-state index in [0.29, 0.717) is 33.8 Å². The van der Waals surface area contributed by atoms with E-state index in [1.54, 1.807) is 18.2 Å². The van der Waals surface area contributed by atoms with Crippen molar-refractivity contribution in [2.24, 2.45) is 5.73 Å². The van der Waals surface area contributed by atoms with Crippen LogP contribution in [0.1, 0.15) is 6.42 Å². The Hall–Kier alpha value is -2.62. The first kappa shape index (κ1) is 21.1. The van der Waals surface area contributed by atoms with Gasteiger partial charge in [0.25, 0.3) is 0 Å². The van der Waals surface area contributed by atoms with Gasteiger partial charge in [-0.25, -0.2) is 14.4 Å². The number of amides is 1. The molecular formula is C19H19ClFN5O2S. The minimum atomic E-state index is -0.514. The second kappa shape index (κ2) is 9.25. The molecule has 0 bridgehead atoms. The van der Waals surface area contributed by atoms with Gasteiger partial charge < -0.3 is 21.1 Å². The number of carbonyl (C=O) groups excluding carboxylic acids is 1. The van der Waals surface area contributed by atoms with Gasteiger partial charge in [0.1, 0.15) is 23.7 Å². The molecule has 29 heavy (non-hydrogen) atoms. The quantitative estimate of drug-likeness (QED) is 0.421. The van der Waals surface area contributed by atoms with Gasteiger partial charge in [-0.05, 0) is 24.3 Å². The van der Waals surface area contributed by atoms with Gasteiger partial charge in [0.05, 0.1) is 23.3 Å². The molecule has 0 aliphatic carbocycles. The minimum absolute atomic E-state index is 0.0100. The van der Waals surface area contributed by atoms with Crippen molar-refractivity contribution in [2.75, 3.05) is 24.3 Å². The summed E-state index contributed by atoms with van der Waals surface area (Å²) >= 11 is 10.1. The number of fused-ring (bicyclic) bond motifs is 1. The first-order valence-corrected chi connectivity index (χ1v) is 9.53. The van der Waals surface area contributed by atoms with Crippen LogP contribution in [0.4, 0.5) is 21.6 Å². The van der Waals surface area contributed by atoms with E-state index in [4.69, 9.17) is 22.1 Å². The standard InChI is InChI=1S/C19H19ClFN5O2S/c1-28-17-7-15-12(6-16(17)26-18(27)5-11(29)8-22)19(24-9-23-15)25-10-2-3-14(21)13(20)4-10/h2-4,6-7,9,11,29H,5,8,22H2,1H3,(H,26,27)(H,23,24,25)/t11-/m0/s1. The SMILES string of the molecule is COc1cc2ncnc(Nc3ccc(F)c(Cl)c3)c2cc1NC(=O)C[C@H](S)CN. The summed E-state index contributed by atoms with van der Waals surface area (Å²) in [6, 6.07) is 7.65. The summed E-state index contributed by atoms with van der Waals surface area (Å²) < 4.78 is 18.8. The van der Waals surface area contributed by atoms with Gasteiger partial charge in [0.15, 0.2) is 0 Å². The number of halogens is 2. The molecule has 1 heterocycles. The van der Waals surface area contributed by atoms with Crippen LogP contribution in [0.15, 0.2) is 36.7 Å². The number of ether oxygens (including phenoxy) is 1. The third-order valence-corrected chi connectivity index (χ3v) is 4.79. The van der Waals surface area contributed by atoms with E-state index in [-0.39, 0.29) is 29.1 Å². The highest BCUT2D eigenvalue weighted by molar-refractivity contribution is 7.81. The third kappa shape index (κ3) is 5.06. The number of nitrogens with two attached hydrogens (primary N) is 1. The number of carbonyl (C=O) groups is 1. The molecule has 1 atom stereocenters. The van der Waals surface area contributed by atoms with Gasteiger partial charge in [0, 0.05) is 35.4 Å². The number of benzene rings is 2. The van der Waals surface area contributed by atoms with Crippen LogP contribution in [0.25, 0.3) is 10.9 Å². The predicted molar refractivity (Wildman–Crippen MR) is 116 cm³/mol. The van der Waals surface area contributed by atoms with E-state index >= 15 is 0 Å². The van der Waals surface area contributed by atoms with Gasteiger partial charge >= 0.3 is 0 Å². The molecule has 0 spiro atoms. The molecule has 10 heteroatoms. The average Bonchev–Trinajstić information content (AvgIpc) is 2.70. The lowest BCUT2D eigenvalue weighted by molar-refractivity contribution is -0.116. The maximum absolute atomic E-state index is 13.4. The van der Waals surface area contributed by atoms with Gasteiger partial charge in [-0.2, -0.15) is 12.6 Å². The molecule has 3 rings (SSSR count). The van der Waals surface area contributed by atoms with Crippen molar-refractivity contribution < 1.29 is 13.9 Å². The molecular weight excluding hydrogens is 417 g/mol. The molecule has 0 saturated carbocycles. The Morgan fingerprint density at radius 1 is 1.34 bits per heavy atom. The molecule has 0 radical (unpaired) electrons. The molecule has 0 saturated heterocycles. The molecule has 0 unspecified atom stereocenters. The molecule has 0 fully saturated rings. The summed E-state index contributed by atoms with van der Waals surface area (Å²) in [5, 5.41) is 6.27. The van der Waals surface area contributed by atoms with Crippen molar-refractivity contribution in [2.45, 2.75) is 11.7 Å². The van der Waals surface area contributed by atoms with E-state index in [1.807, 2.05) is 0 Å².